The monoisotopic (exact) mass is 442 g/mol. The molecule has 1 N–H and O–H groups in total. The summed E-state index contributed by atoms with van der Waals surface area (Å²) in [4.78, 5) is 36.6. The van der Waals surface area contributed by atoms with Crippen molar-refractivity contribution in [2.24, 2.45) is 7.05 Å². The number of nitro benzene ring substituents is 1. The van der Waals surface area contributed by atoms with Crippen LogP contribution < -0.4 is 5.32 Å². The molecule has 1 amide bonds. The summed E-state index contributed by atoms with van der Waals surface area (Å²) in [6.07, 6.45) is -1.37. The van der Waals surface area contributed by atoms with E-state index in [1.165, 1.54) is 16.8 Å². The van der Waals surface area contributed by atoms with Crippen LogP contribution in [0.1, 0.15) is 33.3 Å². The highest BCUT2D eigenvalue weighted by Crippen LogP contribution is 2.29. The molecule has 2 aromatic carbocycles. The predicted molar refractivity (Wildman–Crippen MR) is 114 cm³/mol. The van der Waals surface area contributed by atoms with Crippen LogP contribution in [0, 0.1) is 24.0 Å². The molecular weight excluding hydrogens is 424 g/mol. The zero-order valence-corrected chi connectivity index (χ0v) is 17.7. The number of aromatic nitrogens is 2. The third kappa shape index (κ3) is 4.72. The number of esters is 1. The Morgan fingerprint density at radius 1 is 1.19 bits per heavy atom. The Balaban J connectivity index is 1.94. The zero-order chi connectivity index (χ0) is 22.7. The van der Waals surface area contributed by atoms with E-state index in [4.69, 9.17) is 16.3 Å². The molecule has 1 heterocycles. The summed E-state index contributed by atoms with van der Waals surface area (Å²) < 4.78 is 6.82. The van der Waals surface area contributed by atoms with E-state index in [2.05, 4.69) is 10.4 Å². The number of ether oxygens (including phenoxy) is 1. The van der Waals surface area contributed by atoms with Gasteiger partial charge in [0.1, 0.15) is 16.4 Å². The summed E-state index contributed by atoms with van der Waals surface area (Å²) in [6, 6.07) is 12.7. The largest absolute Gasteiger partial charge is 0.444 e. The Labute approximate surface area is 182 Å². The SMILES string of the molecule is Cc1ccc(NC(=O)C(OC(=O)c2c(C)nn(C)c2Cl)c2ccccc2)c([N+](=O)[O-])c1. The standard InChI is InChI=1S/C21H19ClN4O5/c1-12-9-10-15(16(11-12)26(29)30)23-20(27)18(14-7-5-4-6-8-14)31-21(28)17-13(2)24-25(3)19(17)22/h4-11,18H,1-3H3,(H,23,27). The molecule has 0 radical (unpaired) electrons. The molecule has 160 valence electrons. The molecule has 3 rings (SSSR count). The van der Waals surface area contributed by atoms with Crippen molar-refractivity contribution in [2.75, 3.05) is 5.32 Å². The first-order valence-corrected chi connectivity index (χ1v) is 9.57. The average Bonchev–Trinajstić information content (AvgIpc) is 2.99. The molecule has 0 fully saturated rings. The van der Waals surface area contributed by atoms with Gasteiger partial charge in [0.05, 0.1) is 10.6 Å². The maximum atomic E-state index is 13.0. The number of amides is 1. The Kier molecular flexibility index (Phi) is 6.36. The maximum Gasteiger partial charge on any atom is 0.344 e. The molecular formula is C21H19ClN4O5. The minimum absolute atomic E-state index is 0.00632. The van der Waals surface area contributed by atoms with Gasteiger partial charge in [-0.15, -0.1) is 0 Å². The van der Waals surface area contributed by atoms with E-state index in [0.29, 0.717) is 16.8 Å². The Hall–Kier alpha value is -3.72. The van der Waals surface area contributed by atoms with Crippen molar-refractivity contribution in [1.82, 2.24) is 9.78 Å². The summed E-state index contributed by atoms with van der Waals surface area (Å²) in [7, 11) is 1.57. The molecule has 0 aliphatic carbocycles. The highest BCUT2D eigenvalue weighted by Gasteiger charge is 2.30. The number of rotatable bonds is 6. The van der Waals surface area contributed by atoms with E-state index in [1.807, 2.05) is 0 Å². The van der Waals surface area contributed by atoms with Gasteiger partial charge in [0.15, 0.2) is 0 Å². The Morgan fingerprint density at radius 3 is 2.45 bits per heavy atom. The molecule has 9 nitrogen and oxygen atoms in total. The van der Waals surface area contributed by atoms with Gasteiger partial charge >= 0.3 is 5.97 Å². The van der Waals surface area contributed by atoms with E-state index < -0.39 is 22.9 Å². The van der Waals surface area contributed by atoms with Gasteiger partial charge < -0.3 is 10.1 Å². The number of carbonyl (C=O) groups excluding carboxylic acids is 2. The fourth-order valence-corrected chi connectivity index (χ4v) is 3.28. The first-order valence-electron chi connectivity index (χ1n) is 9.20. The summed E-state index contributed by atoms with van der Waals surface area (Å²) >= 11 is 6.14. The Bertz CT molecular complexity index is 1160. The number of nitrogens with one attached hydrogen (secondary N) is 1. The first kappa shape index (κ1) is 22.0. The molecule has 10 heteroatoms. The van der Waals surface area contributed by atoms with Gasteiger partial charge in [-0.25, -0.2) is 4.79 Å². The fraction of sp³-hybridized carbons (Fsp3) is 0.190. The smallest absolute Gasteiger partial charge is 0.344 e. The van der Waals surface area contributed by atoms with Gasteiger partial charge in [-0.2, -0.15) is 5.10 Å². The van der Waals surface area contributed by atoms with Gasteiger partial charge in [-0.1, -0.05) is 48.0 Å². The minimum Gasteiger partial charge on any atom is -0.444 e. The number of hydrogen-bond acceptors (Lipinski definition) is 6. The molecule has 1 unspecified atom stereocenters. The molecule has 3 aromatic rings. The van der Waals surface area contributed by atoms with Crippen molar-refractivity contribution in [3.05, 3.63) is 86.2 Å². The highest BCUT2D eigenvalue weighted by molar-refractivity contribution is 6.32. The second-order valence-corrected chi connectivity index (χ2v) is 7.20. The molecule has 1 aromatic heterocycles. The highest BCUT2D eigenvalue weighted by atomic mass is 35.5. The lowest BCUT2D eigenvalue weighted by Gasteiger charge is -2.18. The quantitative estimate of drug-likeness (QED) is 0.348. The van der Waals surface area contributed by atoms with Crippen LogP contribution in [0.3, 0.4) is 0 Å². The molecule has 0 bridgehead atoms. The predicted octanol–water partition coefficient (Wildman–Crippen LogP) is 4.14. The van der Waals surface area contributed by atoms with Gasteiger partial charge in [0.25, 0.3) is 11.6 Å². The third-order valence-electron chi connectivity index (χ3n) is 4.53. The number of carbonyl (C=O) groups is 2. The lowest BCUT2D eigenvalue weighted by molar-refractivity contribution is -0.384. The van der Waals surface area contributed by atoms with E-state index >= 15 is 0 Å². The molecule has 0 saturated carbocycles. The van der Waals surface area contributed by atoms with Gasteiger partial charge in [-0.05, 0) is 25.5 Å². The number of nitrogens with zero attached hydrogens (tertiary/aromatic N) is 3. The van der Waals surface area contributed by atoms with Gasteiger partial charge in [0.2, 0.25) is 6.10 Å². The van der Waals surface area contributed by atoms with Gasteiger partial charge in [-0.3, -0.25) is 19.6 Å². The molecule has 0 aliphatic heterocycles. The molecule has 0 spiro atoms. The normalized spacial score (nSPS) is 11.6. The van der Waals surface area contributed by atoms with Crippen LogP contribution in [-0.4, -0.2) is 26.6 Å². The number of halogens is 1. The lowest BCUT2D eigenvalue weighted by atomic mass is 10.1. The van der Waals surface area contributed by atoms with E-state index in [1.54, 1.807) is 57.3 Å². The average molecular weight is 443 g/mol. The van der Waals surface area contributed by atoms with E-state index in [-0.39, 0.29) is 22.1 Å². The van der Waals surface area contributed by atoms with E-state index in [9.17, 15) is 19.7 Å². The number of anilines is 1. The number of nitro groups is 1. The van der Waals surface area contributed by atoms with Crippen LogP contribution >= 0.6 is 11.6 Å². The second kappa shape index (κ2) is 8.97. The molecule has 1 atom stereocenters. The van der Waals surface area contributed by atoms with Crippen LogP contribution in [-0.2, 0) is 16.6 Å². The number of aryl methyl sites for hydroxylation is 3. The van der Waals surface area contributed by atoms with Crippen molar-refractivity contribution in [1.29, 1.82) is 0 Å². The van der Waals surface area contributed by atoms with Crippen molar-refractivity contribution in [3.8, 4) is 0 Å². The van der Waals surface area contributed by atoms with Crippen LogP contribution in [0.4, 0.5) is 11.4 Å². The number of hydrogen-bond donors (Lipinski definition) is 1. The van der Waals surface area contributed by atoms with Crippen molar-refractivity contribution >= 4 is 34.9 Å². The van der Waals surface area contributed by atoms with Crippen LogP contribution in [0.2, 0.25) is 5.15 Å². The minimum atomic E-state index is -1.37. The third-order valence-corrected chi connectivity index (χ3v) is 4.96. The second-order valence-electron chi connectivity index (χ2n) is 6.84. The van der Waals surface area contributed by atoms with Crippen LogP contribution in [0.25, 0.3) is 0 Å². The zero-order valence-electron chi connectivity index (χ0n) is 17.0. The Morgan fingerprint density at radius 2 is 1.87 bits per heavy atom. The van der Waals surface area contributed by atoms with E-state index in [0.717, 1.165) is 0 Å². The number of benzene rings is 2. The molecule has 0 aliphatic rings. The maximum absolute atomic E-state index is 13.0. The summed E-state index contributed by atoms with van der Waals surface area (Å²) in [6.45, 7) is 3.29. The van der Waals surface area contributed by atoms with Gasteiger partial charge in [0, 0.05) is 18.7 Å². The molecule has 31 heavy (non-hydrogen) atoms. The summed E-state index contributed by atoms with van der Waals surface area (Å²) in [5.41, 5.74) is 1.17. The topological polar surface area (TPSA) is 116 Å². The summed E-state index contributed by atoms with van der Waals surface area (Å²) in [5, 5.41) is 18.0. The van der Waals surface area contributed by atoms with Crippen molar-refractivity contribution < 1.29 is 19.2 Å². The van der Waals surface area contributed by atoms with Crippen LogP contribution in [0.15, 0.2) is 48.5 Å². The fourth-order valence-electron chi connectivity index (χ4n) is 3.03. The first-order chi connectivity index (χ1) is 14.7. The lowest BCUT2D eigenvalue weighted by Crippen LogP contribution is -2.26. The summed E-state index contributed by atoms with van der Waals surface area (Å²) in [5.74, 6) is -1.58. The van der Waals surface area contributed by atoms with Crippen molar-refractivity contribution in [3.63, 3.8) is 0 Å². The van der Waals surface area contributed by atoms with Crippen LogP contribution in [0.5, 0.6) is 0 Å². The van der Waals surface area contributed by atoms with Crippen molar-refractivity contribution in [2.45, 2.75) is 20.0 Å². The molecule has 0 saturated heterocycles.